The highest BCUT2D eigenvalue weighted by Gasteiger charge is 2.23. The van der Waals surface area contributed by atoms with Gasteiger partial charge in [-0.2, -0.15) is 0 Å². The third kappa shape index (κ3) is 4.79. The molecule has 11 rings (SSSR count). The van der Waals surface area contributed by atoms with Crippen molar-refractivity contribution < 1.29 is 8.85 Å². The second-order valence-corrected chi connectivity index (χ2v) is 13.7. The smallest absolute Gasteiger partial charge is 0.135 e. The summed E-state index contributed by atoms with van der Waals surface area (Å²) in [6.45, 7) is 0. The topological polar surface area (TPSA) is 9.23 Å². The lowest BCUT2D eigenvalue weighted by molar-refractivity contribution is 0.487. The van der Waals surface area contributed by atoms with E-state index in [1.165, 1.54) is 0 Å². The van der Waals surface area contributed by atoms with Gasteiger partial charge in [-0.3, -0.25) is 0 Å². The first-order valence-electron chi connectivity index (χ1n) is 19.5. The van der Waals surface area contributed by atoms with Crippen molar-refractivity contribution in [2.45, 2.75) is 0 Å². The van der Waals surface area contributed by atoms with Gasteiger partial charge in [-0.15, -0.1) is 0 Å². The molecule has 10 aromatic carbocycles. The van der Waals surface area contributed by atoms with E-state index < -0.39 is 0 Å². The second-order valence-electron chi connectivity index (χ2n) is 13.7. The molecule has 0 atom stereocenters. The third-order valence-electron chi connectivity index (χ3n) is 10.7. The standard InChI is InChI=1S/C52H32O/c1-3-12-33(13-4-1)36-24-26-48-47(32-36)46-21-11-20-45-42(25-27-49(53-48)52(45)46)40-29-39(34-14-5-2-6-15-34)30-41(31-40)51-44-19-10-8-17-37(44)28-38-23-22-35-16-7-9-18-43(35)50(38)51/h1-32H/i29D,30D,31D. The van der Waals surface area contributed by atoms with Gasteiger partial charge in [0, 0.05) is 10.9 Å². The van der Waals surface area contributed by atoms with E-state index in [4.69, 9.17) is 4.74 Å². The van der Waals surface area contributed by atoms with Crippen LogP contribution < -0.4 is 4.74 Å². The first-order chi connectivity index (χ1) is 27.5. The average Bonchev–Trinajstić information content (AvgIpc) is 3.24. The van der Waals surface area contributed by atoms with Gasteiger partial charge in [-0.1, -0.05) is 152 Å². The van der Waals surface area contributed by atoms with E-state index in [-0.39, 0.29) is 18.1 Å². The second kappa shape index (κ2) is 11.8. The fourth-order valence-corrected chi connectivity index (χ4v) is 8.24. The molecule has 1 heterocycles. The maximum absolute atomic E-state index is 10.2. The highest BCUT2D eigenvalue weighted by molar-refractivity contribution is 6.22. The summed E-state index contributed by atoms with van der Waals surface area (Å²) in [6, 6.07) is 60.3. The van der Waals surface area contributed by atoms with Crippen molar-refractivity contribution in [1.29, 1.82) is 0 Å². The molecule has 0 saturated carbocycles. The van der Waals surface area contributed by atoms with E-state index in [1.807, 2.05) is 84.9 Å². The number of rotatable bonds is 4. The minimum atomic E-state index is 0.161. The van der Waals surface area contributed by atoms with Crippen molar-refractivity contribution in [3.63, 3.8) is 0 Å². The van der Waals surface area contributed by atoms with E-state index >= 15 is 0 Å². The Balaban J connectivity index is 1.25. The summed E-state index contributed by atoms with van der Waals surface area (Å²) < 4.78 is 36.8. The Morgan fingerprint density at radius 3 is 1.79 bits per heavy atom. The van der Waals surface area contributed by atoms with Crippen LogP contribution in [0.15, 0.2) is 194 Å². The number of hydrogen-bond acceptors (Lipinski definition) is 1. The molecule has 0 unspecified atom stereocenters. The zero-order chi connectivity index (χ0) is 37.5. The lowest BCUT2D eigenvalue weighted by atomic mass is 9.85. The maximum Gasteiger partial charge on any atom is 0.135 e. The molecule has 0 spiro atoms. The van der Waals surface area contributed by atoms with Crippen LogP contribution in [0.25, 0.3) is 98.7 Å². The monoisotopic (exact) mass is 675 g/mol. The van der Waals surface area contributed by atoms with Gasteiger partial charge >= 0.3 is 0 Å². The summed E-state index contributed by atoms with van der Waals surface area (Å²) in [5, 5.41) is 8.05. The summed E-state index contributed by atoms with van der Waals surface area (Å²) in [4.78, 5) is 0. The minimum Gasteiger partial charge on any atom is -0.456 e. The first-order valence-corrected chi connectivity index (χ1v) is 18.0. The van der Waals surface area contributed by atoms with Crippen LogP contribution in [0.5, 0.6) is 11.5 Å². The minimum absolute atomic E-state index is 0.161. The molecule has 1 aliphatic heterocycles. The van der Waals surface area contributed by atoms with Crippen molar-refractivity contribution in [3.8, 4) is 67.1 Å². The molecule has 0 aliphatic carbocycles. The van der Waals surface area contributed by atoms with Gasteiger partial charge in [0.25, 0.3) is 0 Å². The lowest BCUT2D eigenvalue weighted by Crippen LogP contribution is -1.98. The summed E-state index contributed by atoms with van der Waals surface area (Å²) in [5.41, 5.74) is 8.16. The van der Waals surface area contributed by atoms with Crippen LogP contribution in [0.2, 0.25) is 0 Å². The van der Waals surface area contributed by atoms with Crippen LogP contribution in [0.4, 0.5) is 0 Å². The first kappa shape index (κ1) is 26.8. The number of fused-ring (bicyclic) bond motifs is 6. The quantitative estimate of drug-likeness (QED) is 0.133. The molecule has 0 fully saturated rings. The fourth-order valence-electron chi connectivity index (χ4n) is 8.24. The Morgan fingerprint density at radius 2 is 0.962 bits per heavy atom. The van der Waals surface area contributed by atoms with Gasteiger partial charge in [-0.05, 0) is 130 Å². The van der Waals surface area contributed by atoms with E-state index in [0.717, 1.165) is 93.5 Å². The molecule has 53 heavy (non-hydrogen) atoms. The van der Waals surface area contributed by atoms with E-state index in [0.29, 0.717) is 16.7 Å². The van der Waals surface area contributed by atoms with Crippen LogP contribution in [0, 0.1) is 0 Å². The van der Waals surface area contributed by atoms with Crippen molar-refractivity contribution in [3.05, 3.63) is 194 Å². The Labute approximate surface area is 312 Å². The molecule has 246 valence electrons. The molecule has 0 saturated heterocycles. The molecule has 0 radical (unpaired) electrons. The van der Waals surface area contributed by atoms with Crippen molar-refractivity contribution >= 4 is 43.1 Å². The molecule has 1 aliphatic rings. The Bertz CT molecular complexity index is 3240. The highest BCUT2D eigenvalue weighted by Crippen LogP contribution is 2.50. The largest absolute Gasteiger partial charge is 0.456 e. The predicted molar refractivity (Wildman–Crippen MR) is 224 cm³/mol. The number of ether oxygens (including phenoxy) is 1. The Kier molecular flexibility index (Phi) is 5.97. The van der Waals surface area contributed by atoms with Gasteiger partial charge in [0.1, 0.15) is 11.5 Å². The summed E-state index contributed by atoms with van der Waals surface area (Å²) >= 11 is 0. The number of hydrogen-bond donors (Lipinski definition) is 0. The molecule has 0 N–H and O–H groups in total. The van der Waals surface area contributed by atoms with Gasteiger partial charge in [0.15, 0.2) is 0 Å². The molecule has 10 aromatic rings. The van der Waals surface area contributed by atoms with Crippen LogP contribution >= 0.6 is 0 Å². The van der Waals surface area contributed by atoms with Crippen LogP contribution in [0.1, 0.15) is 4.11 Å². The van der Waals surface area contributed by atoms with E-state index in [1.54, 1.807) is 0 Å². The van der Waals surface area contributed by atoms with Gasteiger partial charge < -0.3 is 4.74 Å². The molecule has 0 aromatic heterocycles. The Morgan fingerprint density at radius 1 is 0.321 bits per heavy atom. The van der Waals surface area contributed by atoms with Crippen molar-refractivity contribution in [1.82, 2.24) is 0 Å². The SMILES string of the molecule is [2H]c1c(-c2ccccc2)c([2H])c(-c2c3ccccc3cc3ccc4ccccc4c23)c([2H])c1-c1ccc2c3c(cccc13)-c1cc(-c3ccccc3)ccc1O2. The molecular weight excluding hydrogens is 641 g/mol. The molecular formula is C52H32O. The maximum atomic E-state index is 10.2. The fraction of sp³-hybridized carbons (Fsp3) is 0. The predicted octanol–water partition coefficient (Wildman–Crippen LogP) is 14.7. The third-order valence-corrected chi connectivity index (χ3v) is 10.7. The summed E-state index contributed by atoms with van der Waals surface area (Å²) in [6.07, 6.45) is 0. The van der Waals surface area contributed by atoms with Gasteiger partial charge in [0.2, 0.25) is 0 Å². The molecule has 0 bridgehead atoms. The summed E-state index contributed by atoms with van der Waals surface area (Å²) in [7, 11) is 0. The van der Waals surface area contributed by atoms with Crippen molar-refractivity contribution in [2.75, 3.05) is 0 Å². The van der Waals surface area contributed by atoms with Gasteiger partial charge in [0.05, 0.1) is 4.11 Å². The molecule has 1 nitrogen and oxygen atoms in total. The van der Waals surface area contributed by atoms with Crippen LogP contribution in [0.3, 0.4) is 0 Å². The van der Waals surface area contributed by atoms with E-state index in [9.17, 15) is 4.11 Å². The van der Waals surface area contributed by atoms with E-state index in [2.05, 4.69) is 91.0 Å². The number of benzene rings is 10. The Hall–Kier alpha value is -6.96. The van der Waals surface area contributed by atoms with Crippen LogP contribution in [-0.2, 0) is 0 Å². The van der Waals surface area contributed by atoms with Crippen LogP contribution in [-0.4, -0.2) is 0 Å². The molecule has 1 heteroatoms. The molecule has 0 amide bonds. The lowest BCUT2D eigenvalue weighted by Gasteiger charge is -2.23. The summed E-state index contributed by atoms with van der Waals surface area (Å²) in [5.74, 6) is 1.53. The average molecular weight is 676 g/mol. The normalized spacial score (nSPS) is 12.7. The highest BCUT2D eigenvalue weighted by atomic mass is 16.5. The van der Waals surface area contributed by atoms with Gasteiger partial charge in [-0.25, -0.2) is 0 Å². The zero-order valence-corrected chi connectivity index (χ0v) is 28.7. The van der Waals surface area contributed by atoms with Crippen molar-refractivity contribution in [2.24, 2.45) is 0 Å². The zero-order valence-electron chi connectivity index (χ0n) is 31.7.